The van der Waals surface area contributed by atoms with Gasteiger partial charge in [0, 0.05) is 0 Å². The number of carbonyl (C=O) groups is 2. The first-order chi connectivity index (χ1) is 11.6. The van der Waals surface area contributed by atoms with Crippen molar-refractivity contribution in [3.63, 3.8) is 0 Å². The van der Waals surface area contributed by atoms with Gasteiger partial charge in [0.25, 0.3) is 0 Å². The number of aliphatic carboxylic acids is 1. The second kappa shape index (κ2) is 6.87. The molecule has 4 nitrogen and oxygen atoms in total. The lowest BCUT2D eigenvalue weighted by atomic mass is 9.96. The molecule has 24 heavy (non-hydrogen) atoms. The molecule has 4 heteroatoms. The number of hydrogen-bond donors (Lipinski definition) is 2. The molecule has 2 aromatic carbocycles. The minimum Gasteiger partial charge on any atom is -0.481 e. The standard InChI is InChI=1S/C20H21NO3/c1-13-6-2-4-8-15(13)18(12-19(22)23)21-20(24)17-11-10-14-7-3-5-9-16(14)17/h2-9,17-18H,10-12H2,1H3,(H,21,24)(H,22,23). The van der Waals surface area contributed by atoms with Crippen LogP contribution in [-0.4, -0.2) is 17.0 Å². The van der Waals surface area contributed by atoms with Crippen LogP contribution in [0.2, 0.25) is 0 Å². The smallest absolute Gasteiger partial charge is 0.305 e. The number of carbonyl (C=O) groups excluding carboxylic acids is 1. The zero-order chi connectivity index (χ0) is 17.1. The quantitative estimate of drug-likeness (QED) is 0.886. The minimum absolute atomic E-state index is 0.0885. The molecule has 2 aromatic rings. The molecule has 2 N–H and O–H groups in total. The highest BCUT2D eigenvalue weighted by atomic mass is 16.4. The molecule has 0 aliphatic heterocycles. The van der Waals surface area contributed by atoms with Gasteiger partial charge in [0.2, 0.25) is 5.91 Å². The maximum absolute atomic E-state index is 12.8. The van der Waals surface area contributed by atoms with Crippen LogP contribution in [0.1, 0.15) is 47.1 Å². The summed E-state index contributed by atoms with van der Waals surface area (Å²) < 4.78 is 0. The van der Waals surface area contributed by atoms with Gasteiger partial charge in [0.15, 0.2) is 0 Å². The van der Waals surface area contributed by atoms with Crippen LogP contribution in [0.25, 0.3) is 0 Å². The molecule has 3 rings (SSSR count). The molecule has 124 valence electrons. The van der Waals surface area contributed by atoms with Gasteiger partial charge < -0.3 is 10.4 Å². The van der Waals surface area contributed by atoms with E-state index in [0.29, 0.717) is 0 Å². The Balaban J connectivity index is 1.82. The first kappa shape index (κ1) is 16.2. The summed E-state index contributed by atoms with van der Waals surface area (Å²) in [5.74, 6) is -1.20. The van der Waals surface area contributed by atoms with E-state index in [0.717, 1.165) is 29.5 Å². The molecule has 0 saturated heterocycles. The predicted octanol–water partition coefficient (Wildman–Crippen LogP) is 3.36. The maximum atomic E-state index is 12.8. The van der Waals surface area contributed by atoms with Crippen molar-refractivity contribution in [2.45, 2.75) is 38.1 Å². The van der Waals surface area contributed by atoms with Crippen molar-refractivity contribution < 1.29 is 14.7 Å². The lowest BCUT2D eigenvalue weighted by Crippen LogP contribution is -2.33. The van der Waals surface area contributed by atoms with E-state index >= 15 is 0 Å². The minimum atomic E-state index is -0.921. The number of hydrogen-bond acceptors (Lipinski definition) is 2. The van der Waals surface area contributed by atoms with Crippen LogP contribution >= 0.6 is 0 Å². The monoisotopic (exact) mass is 323 g/mol. The van der Waals surface area contributed by atoms with Gasteiger partial charge in [-0.1, -0.05) is 48.5 Å². The number of carboxylic acid groups (broad SMARTS) is 1. The average Bonchev–Trinajstić information content (AvgIpc) is 2.98. The Morgan fingerprint density at radius 3 is 2.62 bits per heavy atom. The molecule has 0 fully saturated rings. The molecule has 0 heterocycles. The van der Waals surface area contributed by atoms with Gasteiger partial charge >= 0.3 is 5.97 Å². The molecule has 0 radical (unpaired) electrons. The van der Waals surface area contributed by atoms with Crippen LogP contribution in [0.15, 0.2) is 48.5 Å². The van der Waals surface area contributed by atoms with Crippen LogP contribution in [-0.2, 0) is 16.0 Å². The Bertz CT molecular complexity index is 769. The molecular formula is C20H21NO3. The Labute approximate surface area is 141 Å². The lowest BCUT2D eigenvalue weighted by Gasteiger charge is -2.22. The summed E-state index contributed by atoms with van der Waals surface area (Å²) in [7, 11) is 0. The van der Waals surface area contributed by atoms with E-state index in [1.807, 2.05) is 49.4 Å². The van der Waals surface area contributed by atoms with Crippen LogP contribution in [0.3, 0.4) is 0 Å². The topological polar surface area (TPSA) is 66.4 Å². The summed E-state index contributed by atoms with van der Waals surface area (Å²) in [5.41, 5.74) is 4.12. The number of rotatable bonds is 5. The van der Waals surface area contributed by atoms with E-state index in [4.69, 9.17) is 0 Å². The first-order valence-corrected chi connectivity index (χ1v) is 8.21. The van der Waals surface area contributed by atoms with E-state index in [-0.39, 0.29) is 18.2 Å². The maximum Gasteiger partial charge on any atom is 0.305 e. The number of benzene rings is 2. The van der Waals surface area contributed by atoms with Crippen LogP contribution < -0.4 is 5.32 Å². The van der Waals surface area contributed by atoms with Crippen LogP contribution in [0.4, 0.5) is 0 Å². The van der Waals surface area contributed by atoms with E-state index in [2.05, 4.69) is 11.4 Å². The van der Waals surface area contributed by atoms with Crippen molar-refractivity contribution in [3.8, 4) is 0 Å². The van der Waals surface area contributed by atoms with E-state index in [9.17, 15) is 14.7 Å². The fraction of sp³-hybridized carbons (Fsp3) is 0.300. The summed E-state index contributed by atoms with van der Waals surface area (Å²) in [5, 5.41) is 12.2. The summed E-state index contributed by atoms with van der Waals surface area (Å²) >= 11 is 0. The molecule has 0 aromatic heterocycles. The molecule has 0 saturated carbocycles. The van der Waals surface area contributed by atoms with Crippen LogP contribution in [0.5, 0.6) is 0 Å². The molecule has 1 aliphatic rings. The third kappa shape index (κ3) is 3.32. The fourth-order valence-corrected chi connectivity index (χ4v) is 3.49. The van der Waals surface area contributed by atoms with Gasteiger partial charge in [-0.3, -0.25) is 9.59 Å². The second-order valence-corrected chi connectivity index (χ2v) is 6.31. The van der Waals surface area contributed by atoms with E-state index in [1.54, 1.807) is 0 Å². The van der Waals surface area contributed by atoms with Crippen molar-refractivity contribution in [2.75, 3.05) is 0 Å². The third-order valence-corrected chi connectivity index (χ3v) is 4.71. The normalized spacial score (nSPS) is 17.1. The van der Waals surface area contributed by atoms with E-state index < -0.39 is 12.0 Å². The van der Waals surface area contributed by atoms with Gasteiger partial charge in [-0.15, -0.1) is 0 Å². The number of aryl methyl sites for hydroxylation is 2. The van der Waals surface area contributed by atoms with Crippen molar-refractivity contribution in [2.24, 2.45) is 0 Å². The molecule has 0 spiro atoms. The summed E-state index contributed by atoms with van der Waals surface area (Å²) in [6.07, 6.45) is 1.55. The third-order valence-electron chi connectivity index (χ3n) is 4.71. The van der Waals surface area contributed by atoms with Crippen LogP contribution in [0, 0.1) is 6.92 Å². The number of amides is 1. The van der Waals surface area contributed by atoms with Crippen molar-refractivity contribution in [1.29, 1.82) is 0 Å². The largest absolute Gasteiger partial charge is 0.481 e. The molecule has 1 amide bonds. The lowest BCUT2D eigenvalue weighted by molar-refractivity contribution is -0.137. The Kier molecular flexibility index (Phi) is 4.65. The Morgan fingerprint density at radius 1 is 1.17 bits per heavy atom. The summed E-state index contributed by atoms with van der Waals surface area (Å²) in [6.45, 7) is 1.93. The molecular weight excluding hydrogens is 302 g/mol. The van der Waals surface area contributed by atoms with Gasteiger partial charge in [0.05, 0.1) is 18.4 Å². The van der Waals surface area contributed by atoms with Crippen molar-refractivity contribution in [1.82, 2.24) is 5.32 Å². The molecule has 2 unspecified atom stereocenters. The Hall–Kier alpha value is -2.62. The second-order valence-electron chi connectivity index (χ2n) is 6.31. The number of fused-ring (bicyclic) bond motifs is 1. The zero-order valence-corrected chi connectivity index (χ0v) is 13.7. The predicted molar refractivity (Wildman–Crippen MR) is 91.8 cm³/mol. The SMILES string of the molecule is Cc1ccccc1C(CC(=O)O)NC(=O)C1CCc2ccccc21. The summed E-state index contributed by atoms with van der Waals surface area (Å²) in [4.78, 5) is 24.0. The fourth-order valence-electron chi connectivity index (χ4n) is 3.49. The first-order valence-electron chi connectivity index (χ1n) is 8.21. The zero-order valence-electron chi connectivity index (χ0n) is 13.7. The van der Waals surface area contributed by atoms with Crippen molar-refractivity contribution >= 4 is 11.9 Å². The highest BCUT2D eigenvalue weighted by molar-refractivity contribution is 5.85. The summed E-state index contributed by atoms with van der Waals surface area (Å²) in [6, 6.07) is 15.1. The molecule has 2 atom stereocenters. The van der Waals surface area contributed by atoms with Gasteiger partial charge in [-0.25, -0.2) is 0 Å². The van der Waals surface area contributed by atoms with E-state index in [1.165, 1.54) is 5.56 Å². The Morgan fingerprint density at radius 2 is 1.88 bits per heavy atom. The van der Waals surface area contributed by atoms with Gasteiger partial charge in [-0.05, 0) is 42.0 Å². The number of carboxylic acids is 1. The average molecular weight is 323 g/mol. The van der Waals surface area contributed by atoms with Gasteiger partial charge in [0.1, 0.15) is 0 Å². The highest BCUT2D eigenvalue weighted by Gasteiger charge is 2.30. The molecule has 1 aliphatic carbocycles. The highest BCUT2D eigenvalue weighted by Crippen LogP contribution is 2.34. The molecule has 0 bridgehead atoms. The number of nitrogens with one attached hydrogen (secondary N) is 1. The van der Waals surface area contributed by atoms with Crippen molar-refractivity contribution in [3.05, 3.63) is 70.8 Å². The van der Waals surface area contributed by atoms with Gasteiger partial charge in [-0.2, -0.15) is 0 Å².